The molecule has 1 saturated heterocycles. The van der Waals surface area contributed by atoms with Gasteiger partial charge in [0.05, 0.1) is 11.1 Å². The third-order valence-corrected chi connectivity index (χ3v) is 4.62. The molecule has 21 heavy (non-hydrogen) atoms. The normalized spacial score (nSPS) is 16.1. The van der Waals surface area contributed by atoms with Crippen LogP contribution in [0.25, 0.3) is 0 Å². The summed E-state index contributed by atoms with van der Waals surface area (Å²) in [4.78, 5) is 19.3. The van der Waals surface area contributed by atoms with Crippen LogP contribution in [0.3, 0.4) is 0 Å². The standard InChI is InChI=1S/C16H26N4O/c1-15(2,16(3,4)17)14(21)19-12-8-7-9-18-13(12)20-10-5-6-11-20/h7-9H,5-6,10-11,17H2,1-4H3,(H,19,21). The van der Waals surface area contributed by atoms with Gasteiger partial charge in [-0.1, -0.05) is 0 Å². The van der Waals surface area contributed by atoms with Crippen molar-refractivity contribution in [2.24, 2.45) is 11.1 Å². The first kappa shape index (κ1) is 15.8. The molecule has 0 bridgehead atoms. The van der Waals surface area contributed by atoms with E-state index in [4.69, 9.17) is 5.73 Å². The summed E-state index contributed by atoms with van der Waals surface area (Å²) in [5.41, 5.74) is 5.63. The Bertz CT molecular complexity index is 513. The van der Waals surface area contributed by atoms with E-state index in [2.05, 4.69) is 15.2 Å². The van der Waals surface area contributed by atoms with E-state index in [0.29, 0.717) is 0 Å². The summed E-state index contributed by atoms with van der Waals surface area (Å²) >= 11 is 0. The van der Waals surface area contributed by atoms with Crippen LogP contribution in [0.4, 0.5) is 11.5 Å². The van der Waals surface area contributed by atoms with E-state index in [-0.39, 0.29) is 5.91 Å². The van der Waals surface area contributed by atoms with Gasteiger partial charge in [-0.15, -0.1) is 0 Å². The second kappa shape index (κ2) is 5.64. The molecule has 5 heteroatoms. The Labute approximate surface area is 126 Å². The van der Waals surface area contributed by atoms with Gasteiger partial charge in [0.1, 0.15) is 0 Å². The smallest absolute Gasteiger partial charge is 0.231 e. The zero-order valence-electron chi connectivity index (χ0n) is 13.4. The van der Waals surface area contributed by atoms with Crippen LogP contribution in [-0.2, 0) is 4.79 Å². The number of nitrogens with one attached hydrogen (secondary N) is 1. The van der Waals surface area contributed by atoms with Crippen LogP contribution in [0.15, 0.2) is 18.3 Å². The van der Waals surface area contributed by atoms with Crippen LogP contribution in [-0.4, -0.2) is 29.5 Å². The van der Waals surface area contributed by atoms with Gasteiger partial charge >= 0.3 is 0 Å². The van der Waals surface area contributed by atoms with Crippen LogP contribution in [0.2, 0.25) is 0 Å². The molecule has 0 atom stereocenters. The molecule has 2 rings (SSSR count). The summed E-state index contributed by atoms with van der Waals surface area (Å²) in [7, 11) is 0. The van der Waals surface area contributed by atoms with Gasteiger partial charge in [0.2, 0.25) is 5.91 Å². The maximum atomic E-state index is 12.6. The summed E-state index contributed by atoms with van der Waals surface area (Å²) in [5, 5.41) is 3.01. The zero-order chi connectivity index (χ0) is 15.7. The highest BCUT2D eigenvalue weighted by atomic mass is 16.2. The van der Waals surface area contributed by atoms with E-state index in [1.54, 1.807) is 6.20 Å². The fraction of sp³-hybridized carbons (Fsp3) is 0.625. The first-order valence-corrected chi connectivity index (χ1v) is 7.54. The van der Waals surface area contributed by atoms with E-state index in [1.165, 1.54) is 12.8 Å². The van der Waals surface area contributed by atoms with Crippen molar-refractivity contribution in [1.82, 2.24) is 4.98 Å². The number of pyridine rings is 1. The molecule has 1 aromatic rings. The highest BCUT2D eigenvalue weighted by Gasteiger charge is 2.40. The van der Waals surface area contributed by atoms with Crippen LogP contribution in [0, 0.1) is 5.41 Å². The first-order chi connectivity index (χ1) is 9.73. The highest BCUT2D eigenvalue weighted by molar-refractivity contribution is 5.98. The summed E-state index contributed by atoms with van der Waals surface area (Å²) in [6.07, 6.45) is 4.11. The second-order valence-electron chi connectivity index (χ2n) is 6.87. The van der Waals surface area contributed by atoms with Crippen LogP contribution >= 0.6 is 0 Å². The van der Waals surface area contributed by atoms with Crippen molar-refractivity contribution in [3.05, 3.63) is 18.3 Å². The SMILES string of the molecule is CC(C)(N)C(C)(C)C(=O)Nc1cccnc1N1CCCC1. The maximum Gasteiger partial charge on any atom is 0.231 e. The average Bonchev–Trinajstić information content (AvgIpc) is 2.91. The topological polar surface area (TPSA) is 71.2 Å². The molecule has 0 aliphatic carbocycles. The molecule has 1 aliphatic rings. The zero-order valence-corrected chi connectivity index (χ0v) is 13.4. The minimum absolute atomic E-state index is 0.0801. The van der Waals surface area contributed by atoms with E-state index in [9.17, 15) is 4.79 Å². The predicted molar refractivity (Wildman–Crippen MR) is 86.4 cm³/mol. The van der Waals surface area contributed by atoms with E-state index in [1.807, 2.05) is 39.8 Å². The molecule has 1 amide bonds. The summed E-state index contributed by atoms with van der Waals surface area (Å²) < 4.78 is 0. The Hall–Kier alpha value is -1.62. The molecule has 1 aromatic heterocycles. The Morgan fingerprint density at radius 3 is 2.48 bits per heavy atom. The number of carbonyl (C=O) groups excluding carboxylic acids is 1. The summed E-state index contributed by atoms with van der Waals surface area (Å²) in [6.45, 7) is 9.47. The number of hydrogen-bond donors (Lipinski definition) is 2. The van der Waals surface area contributed by atoms with Gasteiger partial charge in [-0.25, -0.2) is 4.98 Å². The van der Waals surface area contributed by atoms with E-state index in [0.717, 1.165) is 24.6 Å². The number of anilines is 2. The van der Waals surface area contributed by atoms with Crippen molar-refractivity contribution in [2.45, 2.75) is 46.1 Å². The molecular weight excluding hydrogens is 264 g/mol. The number of nitrogens with two attached hydrogens (primary N) is 1. The van der Waals surface area contributed by atoms with Gasteiger partial charge in [0.25, 0.3) is 0 Å². The quantitative estimate of drug-likeness (QED) is 0.893. The van der Waals surface area contributed by atoms with Crippen molar-refractivity contribution in [3.63, 3.8) is 0 Å². The van der Waals surface area contributed by atoms with Crippen LogP contribution in [0.5, 0.6) is 0 Å². The lowest BCUT2D eigenvalue weighted by molar-refractivity contribution is -0.126. The molecule has 3 N–H and O–H groups in total. The van der Waals surface area contributed by atoms with Crippen molar-refractivity contribution in [1.29, 1.82) is 0 Å². The van der Waals surface area contributed by atoms with Gasteiger partial charge in [-0.2, -0.15) is 0 Å². The number of nitrogens with zero attached hydrogens (tertiary/aromatic N) is 2. The minimum atomic E-state index is -0.675. The molecule has 0 aromatic carbocycles. The molecule has 1 aliphatic heterocycles. The van der Waals surface area contributed by atoms with Crippen LogP contribution in [0.1, 0.15) is 40.5 Å². The van der Waals surface area contributed by atoms with Crippen molar-refractivity contribution < 1.29 is 4.79 Å². The lowest BCUT2D eigenvalue weighted by Crippen LogP contribution is -2.53. The molecule has 0 unspecified atom stereocenters. The van der Waals surface area contributed by atoms with Gasteiger partial charge < -0.3 is 16.0 Å². The van der Waals surface area contributed by atoms with Gasteiger partial charge in [0, 0.05) is 24.8 Å². The molecular formula is C16H26N4O. The number of amides is 1. The number of hydrogen-bond acceptors (Lipinski definition) is 4. The predicted octanol–water partition coefficient (Wildman–Crippen LogP) is 2.38. The Morgan fingerprint density at radius 2 is 1.90 bits per heavy atom. The third kappa shape index (κ3) is 3.18. The molecule has 0 saturated carbocycles. The van der Waals surface area contributed by atoms with Gasteiger partial charge in [0.15, 0.2) is 5.82 Å². The molecule has 2 heterocycles. The first-order valence-electron chi connectivity index (χ1n) is 7.54. The summed E-state index contributed by atoms with van der Waals surface area (Å²) in [5.74, 6) is 0.775. The Kier molecular flexibility index (Phi) is 4.23. The Morgan fingerprint density at radius 1 is 1.29 bits per heavy atom. The largest absolute Gasteiger partial charge is 0.355 e. The van der Waals surface area contributed by atoms with E-state index < -0.39 is 11.0 Å². The lowest BCUT2D eigenvalue weighted by atomic mass is 9.74. The van der Waals surface area contributed by atoms with Crippen molar-refractivity contribution in [3.8, 4) is 0 Å². The molecule has 116 valence electrons. The third-order valence-electron chi connectivity index (χ3n) is 4.62. The average molecular weight is 290 g/mol. The monoisotopic (exact) mass is 290 g/mol. The van der Waals surface area contributed by atoms with E-state index >= 15 is 0 Å². The Balaban J connectivity index is 2.22. The number of carbonyl (C=O) groups is 1. The summed E-state index contributed by atoms with van der Waals surface area (Å²) in [6, 6.07) is 3.74. The van der Waals surface area contributed by atoms with Gasteiger partial charge in [-0.05, 0) is 52.7 Å². The fourth-order valence-electron chi connectivity index (χ4n) is 2.25. The lowest BCUT2D eigenvalue weighted by Gasteiger charge is -2.37. The van der Waals surface area contributed by atoms with Crippen molar-refractivity contribution in [2.75, 3.05) is 23.3 Å². The molecule has 0 spiro atoms. The highest BCUT2D eigenvalue weighted by Crippen LogP contribution is 2.32. The molecule has 5 nitrogen and oxygen atoms in total. The maximum absolute atomic E-state index is 12.6. The second-order valence-corrected chi connectivity index (χ2v) is 6.87. The van der Waals surface area contributed by atoms with Crippen LogP contribution < -0.4 is 16.0 Å². The minimum Gasteiger partial charge on any atom is -0.355 e. The molecule has 0 radical (unpaired) electrons. The van der Waals surface area contributed by atoms with Gasteiger partial charge in [-0.3, -0.25) is 4.79 Å². The molecule has 1 fully saturated rings. The number of rotatable bonds is 4. The van der Waals surface area contributed by atoms with Crippen molar-refractivity contribution >= 4 is 17.4 Å². The number of aromatic nitrogens is 1. The fourth-order valence-corrected chi connectivity index (χ4v) is 2.25.